The minimum absolute atomic E-state index is 0.00345. The molecule has 0 bridgehead atoms. The van der Waals surface area contributed by atoms with E-state index >= 15 is 0 Å². The first-order valence-corrected chi connectivity index (χ1v) is 17.0. The number of carbonyl (C=O) groups is 3. The first kappa shape index (κ1) is 34.1. The Hall–Kier alpha value is -3.75. The predicted octanol–water partition coefficient (Wildman–Crippen LogP) is 9.02. The van der Waals surface area contributed by atoms with Gasteiger partial charge in [-0.05, 0) is 69.2 Å². The van der Waals surface area contributed by atoms with Crippen molar-refractivity contribution in [2.24, 2.45) is 5.92 Å². The lowest BCUT2D eigenvalue weighted by Crippen LogP contribution is -2.49. The van der Waals surface area contributed by atoms with Gasteiger partial charge in [-0.3, -0.25) is 4.79 Å². The van der Waals surface area contributed by atoms with E-state index in [2.05, 4.69) is 6.92 Å². The molecule has 9 heteroatoms. The number of amides is 2. The van der Waals surface area contributed by atoms with Gasteiger partial charge in [0.1, 0.15) is 16.9 Å². The molecule has 0 saturated carbocycles. The number of benzene rings is 2. The van der Waals surface area contributed by atoms with E-state index in [1.165, 1.54) is 30.6 Å². The summed E-state index contributed by atoms with van der Waals surface area (Å²) in [7, 11) is 0. The summed E-state index contributed by atoms with van der Waals surface area (Å²) in [6, 6.07) is 13.0. The number of carboxylic acid groups (broad SMARTS) is 1. The van der Waals surface area contributed by atoms with Gasteiger partial charge in [-0.2, -0.15) is 0 Å². The third-order valence-electron chi connectivity index (χ3n) is 8.98. The number of para-hydroxylation sites is 1. The highest BCUT2D eigenvalue weighted by atomic mass is 16.6. The van der Waals surface area contributed by atoms with Crippen LogP contribution in [0.5, 0.6) is 5.75 Å². The smallest absolute Gasteiger partial charge is 0.415 e. The highest BCUT2D eigenvalue weighted by Crippen LogP contribution is 2.31. The summed E-state index contributed by atoms with van der Waals surface area (Å²) < 4.78 is 17.1. The van der Waals surface area contributed by atoms with Gasteiger partial charge in [0.25, 0.3) is 0 Å². The fourth-order valence-electron chi connectivity index (χ4n) is 6.24. The number of nitrogens with zero attached hydrogens (tertiary/aromatic N) is 2. The number of hydrogen-bond acceptors (Lipinski definition) is 6. The minimum Gasteiger partial charge on any atom is -0.465 e. The van der Waals surface area contributed by atoms with Crippen LogP contribution in [0.1, 0.15) is 97.3 Å². The van der Waals surface area contributed by atoms with E-state index in [0.717, 1.165) is 66.9 Å². The Labute approximate surface area is 266 Å². The van der Waals surface area contributed by atoms with Gasteiger partial charge in [-0.15, -0.1) is 0 Å². The van der Waals surface area contributed by atoms with Crippen LogP contribution >= 0.6 is 0 Å². The molecule has 1 aromatic heterocycles. The summed E-state index contributed by atoms with van der Waals surface area (Å²) in [6.07, 6.45) is 10.8. The molecule has 2 amide bonds. The second kappa shape index (κ2) is 17.7. The second-order valence-electron chi connectivity index (χ2n) is 12.2. The summed E-state index contributed by atoms with van der Waals surface area (Å²) in [5, 5.41) is 11.7. The number of furan rings is 1. The molecule has 3 aromatic rings. The maximum absolute atomic E-state index is 12.9. The molecule has 1 saturated heterocycles. The number of carbonyl (C=O) groups excluding carboxylic acids is 2. The summed E-state index contributed by atoms with van der Waals surface area (Å²) in [5.41, 5.74) is 1.52. The zero-order chi connectivity index (χ0) is 32.0. The number of hydrogen-bond donors (Lipinski definition) is 1. The molecule has 4 rings (SSSR count). The van der Waals surface area contributed by atoms with Gasteiger partial charge in [0, 0.05) is 36.4 Å². The molecule has 246 valence electrons. The van der Waals surface area contributed by atoms with Crippen LogP contribution in [0.2, 0.25) is 0 Å². The lowest BCUT2D eigenvalue weighted by Gasteiger charge is -2.36. The molecule has 0 radical (unpaired) electrons. The normalized spacial score (nSPS) is 14.5. The highest BCUT2D eigenvalue weighted by molar-refractivity contribution is 6.05. The quantitative estimate of drug-likeness (QED) is 0.118. The van der Waals surface area contributed by atoms with Crippen LogP contribution in [0.4, 0.5) is 9.59 Å². The van der Waals surface area contributed by atoms with E-state index in [9.17, 15) is 19.5 Å². The van der Waals surface area contributed by atoms with E-state index in [1.807, 2.05) is 37.3 Å². The van der Waals surface area contributed by atoms with Crippen molar-refractivity contribution in [1.29, 1.82) is 0 Å². The van der Waals surface area contributed by atoms with Crippen molar-refractivity contribution < 1.29 is 33.4 Å². The van der Waals surface area contributed by atoms with Crippen LogP contribution in [0.3, 0.4) is 0 Å². The Balaban J connectivity index is 1.12. The van der Waals surface area contributed by atoms with E-state index in [1.54, 1.807) is 17.0 Å². The monoisotopic (exact) mass is 622 g/mol. The molecule has 1 aliphatic rings. The van der Waals surface area contributed by atoms with E-state index in [-0.39, 0.29) is 17.9 Å². The molecular formula is C36H50N2O7. The van der Waals surface area contributed by atoms with Crippen molar-refractivity contribution in [3.8, 4) is 5.75 Å². The van der Waals surface area contributed by atoms with Gasteiger partial charge < -0.3 is 28.8 Å². The number of fused-ring (bicyclic) bond motifs is 3. The standard InChI is InChI=1S/C36H50N2O7/c1-3-5-6-7-10-15-27(4-2)34(39)43-25-14-9-8-13-22-38(35(40)41)28-20-23-37(24-21-28)36(42)44-29-18-19-33-31(26-29)30-16-11-12-17-32(30)45-33/h11-12,16-19,26-28H,3-10,13-15,20-25H2,1-2H3,(H,40,41). The predicted molar refractivity (Wildman–Crippen MR) is 176 cm³/mol. The molecule has 45 heavy (non-hydrogen) atoms. The molecule has 1 N–H and O–H groups in total. The number of likely N-dealkylation sites (tertiary alicyclic amines) is 1. The summed E-state index contributed by atoms with van der Waals surface area (Å²) in [4.78, 5) is 40.6. The van der Waals surface area contributed by atoms with E-state index < -0.39 is 12.2 Å². The minimum atomic E-state index is -0.925. The van der Waals surface area contributed by atoms with Crippen LogP contribution in [0, 0.1) is 5.92 Å². The van der Waals surface area contributed by atoms with E-state index in [0.29, 0.717) is 44.8 Å². The van der Waals surface area contributed by atoms with Crippen molar-refractivity contribution in [3.63, 3.8) is 0 Å². The topological polar surface area (TPSA) is 110 Å². The Morgan fingerprint density at radius 1 is 0.911 bits per heavy atom. The van der Waals surface area contributed by atoms with Crippen molar-refractivity contribution in [3.05, 3.63) is 42.5 Å². The number of unbranched alkanes of at least 4 members (excludes halogenated alkanes) is 7. The van der Waals surface area contributed by atoms with Crippen LogP contribution in [-0.2, 0) is 9.53 Å². The maximum atomic E-state index is 12.9. The molecule has 1 unspecified atom stereocenters. The number of ether oxygens (including phenoxy) is 2. The lowest BCUT2D eigenvalue weighted by molar-refractivity contribution is -0.149. The molecule has 1 fully saturated rings. The molecule has 9 nitrogen and oxygen atoms in total. The summed E-state index contributed by atoms with van der Waals surface area (Å²) in [6.45, 7) is 6.01. The first-order valence-electron chi connectivity index (χ1n) is 17.0. The maximum Gasteiger partial charge on any atom is 0.415 e. The average Bonchev–Trinajstić information content (AvgIpc) is 3.42. The molecule has 0 aliphatic carbocycles. The van der Waals surface area contributed by atoms with Gasteiger partial charge in [0.2, 0.25) is 0 Å². The van der Waals surface area contributed by atoms with Gasteiger partial charge >= 0.3 is 18.2 Å². The zero-order valence-electron chi connectivity index (χ0n) is 27.0. The van der Waals surface area contributed by atoms with Crippen molar-refractivity contribution in [2.45, 2.75) is 103 Å². The molecule has 0 spiro atoms. The third kappa shape index (κ3) is 9.87. The van der Waals surface area contributed by atoms with Gasteiger partial charge in [-0.1, -0.05) is 70.6 Å². The number of rotatable bonds is 17. The zero-order valence-corrected chi connectivity index (χ0v) is 27.0. The summed E-state index contributed by atoms with van der Waals surface area (Å²) in [5.74, 6) is 0.371. The second-order valence-corrected chi connectivity index (χ2v) is 12.2. The number of piperidine rings is 1. The van der Waals surface area contributed by atoms with Crippen molar-refractivity contribution in [2.75, 3.05) is 26.2 Å². The van der Waals surface area contributed by atoms with Crippen molar-refractivity contribution >= 4 is 40.1 Å². The summed E-state index contributed by atoms with van der Waals surface area (Å²) >= 11 is 0. The molecule has 2 heterocycles. The number of esters is 1. The molecular weight excluding hydrogens is 572 g/mol. The van der Waals surface area contributed by atoms with Crippen LogP contribution in [0.15, 0.2) is 46.9 Å². The largest absolute Gasteiger partial charge is 0.465 e. The fourth-order valence-corrected chi connectivity index (χ4v) is 6.24. The fraction of sp³-hybridized carbons (Fsp3) is 0.583. The van der Waals surface area contributed by atoms with Crippen LogP contribution in [0.25, 0.3) is 21.9 Å². The Morgan fingerprint density at radius 3 is 2.38 bits per heavy atom. The van der Waals surface area contributed by atoms with Crippen molar-refractivity contribution in [1.82, 2.24) is 9.80 Å². The van der Waals surface area contributed by atoms with Gasteiger partial charge in [-0.25, -0.2) is 9.59 Å². The molecule has 2 aromatic carbocycles. The Morgan fingerprint density at radius 2 is 1.62 bits per heavy atom. The molecule has 1 atom stereocenters. The highest BCUT2D eigenvalue weighted by Gasteiger charge is 2.30. The average molecular weight is 623 g/mol. The van der Waals surface area contributed by atoms with Gasteiger partial charge in [0.05, 0.1) is 12.5 Å². The molecule has 1 aliphatic heterocycles. The van der Waals surface area contributed by atoms with Gasteiger partial charge in [0.15, 0.2) is 0 Å². The Bertz CT molecular complexity index is 1380. The SMILES string of the molecule is CCCCCCCC(CC)C(=O)OCCCCCCN(C(=O)O)C1CCN(C(=O)Oc2ccc3oc4ccccc4c3c2)CC1. The van der Waals surface area contributed by atoms with Crippen LogP contribution in [-0.4, -0.2) is 65.3 Å². The van der Waals surface area contributed by atoms with E-state index in [4.69, 9.17) is 13.9 Å². The first-order chi connectivity index (χ1) is 21.9. The third-order valence-corrected chi connectivity index (χ3v) is 8.98. The lowest BCUT2D eigenvalue weighted by atomic mass is 9.98. The van der Waals surface area contributed by atoms with Crippen LogP contribution < -0.4 is 4.74 Å². The Kier molecular flexibility index (Phi) is 13.4.